The maximum atomic E-state index is 12.5. The number of rotatable bonds is 7. The lowest BCUT2D eigenvalue weighted by molar-refractivity contribution is -0.115. The predicted octanol–water partition coefficient (Wildman–Crippen LogP) is 3.62. The number of benzene rings is 2. The highest BCUT2D eigenvalue weighted by molar-refractivity contribution is 7.89. The minimum absolute atomic E-state index is 0.00309. The van der Waals surface area contributed by atoms with Gasteiger partial charge in [-0.15, -0.1) is 0 Å². The first-order valence-corrected chi connectivity index (χ1v) is 10.6. The SMILES string of the molecule is Cc1cc(C)c(NC(=O)CNS(=O)(=O)c2ccc(OC(C)C)c(C)c2)c(C)c1. The molecule has 0 saturated carbocycles. The third-order valence-electron chi connectivity index (χ3n) is 4.18. The van der Waals surface area contributed by atoms with Crippen molar-refractivity contribution in [1.29, 1.82) is 0 Å². The molecule has 1 amide bonds. The maximum Gasteiger partial charge on any atom is 0.241 e. The largest absolute Gasteiger partial charge is 0.491 e. The fraction of sp³-hybridized carbons (Fsp3) is 0.381. The summed E-state index contributed by atoms with van der Waals surface area (Å²) in [5.41, 5.74) is 4.40. The van der Waals surface area contributed by atoms with E-state index in [4.69, 9.17) is 4.74 Å². The quantitative estimate of drug-likeness (QED) is 0.738. The molecule has 0 saturated heterocycles. The fourth-order valence-electron chi connectivity index (χ4n) is 2.98. The molecule has 6 nitrogen and oxygen atoms in total. The lowest BCUT2D eigenvalue weighted by atomic mass is 10.1. The maximum absolute atomic E-state index is 12.5. The van der Waals surface area contributed by atoms with Gasteiger partial charge >= 0.3 is 0 Å². The number of ether oxygens (including phenoxy) is 1. The minimum atomic E-state index is -3.81. The number of carbonyl (C=O) groups excluding carboxylic acids is 1. The monoisotopic (exact) mass is 404 g/mol. The van der Waals surface area contributed by atoms with Gasteiger partial charge < -0.3 is 10.1 Å². The molecule has 0 unspecified atom stereocenters. The van der Waals surface area contributed by atoms with Gasteiger partial charge in [0.1, 0.15) is 5.75 Å². The van der Waals surface area contributed by atoms with Crippen LogP contribution in [0.2, 0.25) is 0 Å². The second kappa shape index (κ2) is 8.75. The molecule has 0 bridgehead atoms. The van der Waals surface area contributed by atoms with E-state index in [1.54, 1.807) is 13.0 Å². The van der Waals surface area contributed by atoms with E-state index in [2.05, 4.69) is 10.0 Å². The zero-order valence-corrected chi connectivity index (χ0v) is 18.0. The molecule has 0 aliphatic rings. The van der Waals surface area contributed by atoms with Gasteiger partial charge in [-0.25, -0.2) is 13.1 Å². The number of sulfonamides is 1. The van der Waals surface area contributed by atoms with E-state index in [9.17, 15) is 13.2 Å². The molecule has 0 heterocycles. The number of aryl methyl sites for hydroxylation is 4. The van der Waals surface area contributed by atoms with Gasteiger partial charge in [-0.1, -0.05) is 17.7 Å². The highest BCUT2D eigenvalue weighted by Crippen LogP contribution is 2.23. The van der Waals surface area contributed by atoms with Crippen LogP contribution in [0, 0.1) is 27.7 Å². The summed E-state index contributed by atoms with van der Waals surface area (Å²) in [5.74, 6) is 0.215. The molecule has 0 aliphatic carbocycles. The van der Waals surface area contributed by atoms with E-state index >= 15 is 0 Å². The van der Waals surface area contributed by atoms with E-state index in [-0.39, 0.29) is 17.5 Å². The van der Waals surface area contributed by atoms with Gasteiger partial charge in [0.05, 0.1) is 17.5 Å². The van der Waals surface area contributed by atoms with Crippen molar-refractivity contribution in [3.8, 4) is 5.75 Å². The van der Waals surface area contributed by atoms with Crippen molar-refractivity contribution in [1.82, 2.24) is 4.72 Å². The van der Waals surface area contributed by atoms with Crippen LogP contribution in [0.25, 0.3) is 0 Å². The first-order valence-electron chi connectivity index (χ1n) is 9.14. The average molecular weight is 405 g/mol. The molecular formula is C21H28N2O4S. The van der Waals surface area contributed by atoms with Gasteiger partial charge in [-0.2, -0.15) is 0 Å². The van der Waals surface area contributed by atoms with E-state index in [1.165, 1.54) is 12.1 Å². The molecule has 2 N–H and O–H groups in total. The molecule has 2 rings (SSSR count). The number of nitrogens with one attached hydrogen (secondary N) is 2. The lowest BCUT2D eigenvalue weighted by Gasteiger charge is -2.15. The summed E-state index contributed by atoms with van der Waals surface area (Å²) in [6.45, 7) is 11.0. The molecule has 0 aliphatic heterocycles. The van der Waals surface area contributed by atoms with Crippen molar-refractivity contribution in [2.75, 3.05) is 11.9 Å². The van der Waals surface area contributed by atoms with Gasteiger partial charge in [0.25, 0.3) is 0 Å². The molecular weight excluding hydrogens is 376 g/mol. The first kappa shape index (κ1) is 21.9. The molecule has 152 valence electrons. The number of hydrogen-bond donors (Lipinski definition) is 2. The third kappa shape index (κ3) is 5.56. The Kier molecular flexibility index (Phi) is 6.85. The Balaban J connectivity index is 2.07. The van der Waals surface area contributed by atoms with Gasteiger partial charge in [-0.05, 0) is 76.4 Å². The molecule has 0 fully saturated rings. The molecule has 2 aromatic rings. The number of hydrogen-bond acceptors (Lipinski definition) is 4. The summed E-state index contributed by atoms with van der Waals surface area (Å²) >= 11 is 0. The number of amides is 1. The van der Waals surface area contributed by atoms with Crippen LogP contribution in [0.1, 0.15) is 36.1 Å². The molecule has 2 aromatic carbocycles. The van der Waals surface area contributed by atoms with E-state index in [1.807, 2.05) is 46.8 Å². The fourth-order valence-corrected chi connectivity index (χ4v) is 4.05. The van der Waals surface area contributed by atoms with Gasteiger partial charge in [0, 0.05) is 5.69 Å². The number of anilines is 1. The molecule has 0 spiro atoms. The summed E-state index contributed by atoms with van der Waals surface area (Å²) in [7, 11) is -3.81. The first-order chi connectivity index (χ1) is 13.0. The van der Waals surface area contributed by atoms with Crippen LogP contribution in [0.3, 0.4) is 0 Å². The Bertz CT molecular complexity index is 959. The van der Waals surface area contributed by atoms with Crippen molar-refractivity contribution in [3.05, 3.63) is 52.6 Å². The Morgan fingerprint density at radius 3 is 2.14 bits per heavy atom. The Morgan fingerprint density at radius 1 is 1.00 bits per heavy atom. The summed E-state index contributed by atoms with van der Waals surface area (Å²) < 4.78 is 33.0. The third-order valence-corrected chi connectivity index (χ3v) is 5.58. The zero-order valence-electron chi connectivity index (χ0n) is 17.2. The van der Waals surface area contributed by atoms with Gasteiger partial charge in [-0.3, -0.25) is 4.79 Å². The van der Waals surface area contributed by atoms with Crippen LogP contribution in [0.4, 0.5) is 5.69 Å². The summed E-state index contributed by atoms with van der Waals surface area (Å²) in [4.78, 5) is 12.4. The van der Waals surface area contributed by atoms with Gasteiger partial charge in [0.2, 0.25) is 15.9 Å². The molecule has 0 radical (unpaired) electrons. The average Bonchev–Trinajstić information content (AvgIpc) is 2.57. The molecule has 0 atom stereocenters. The number of carbonyl (C=O) groups is 1. The minimum Gasteiger partial charge on any atom is -0.491 e. The van der Waals surface area contributed by atoms with Crippen LogP contribution in [-0.2, 0) is 14.8 Å². The van der Waals surface area contributed by atoms with Crippen LogP contribution in [0.5, 0.6) is 5.75 Å². The standard InChI is InChI=1S/C21H28N2O4S/c1-13(2)27-19-8-7-18(11-15(19)4)28(25,26)22-12-20(24)23-21-16(5)9-14(3)10-17(21)6/h7-11,13,22H,12H2,1-6H3,(H,23,24). The highest BCUT2D eigenvalue weighted by Gasteiger charge is 2.18. The van der Waals surface area contributed by atoms with Crippen molar-refractivity contribution in [2.45, 2.75) is 52.5 Å². The van der Waals surface area contributed by atoms with Crippen molar-refractivity contribution >= 4 is 21.6 Å². The van der Waals surface area contributed by atoms with Crippen LogP contribution in [-0.4, -0.2) is 27.0 Å². The van der Waals surface area contributed by atoms with Crippen LogP contribution >= 0.6 is 0 Å². The van der Waals surface area contributed by atoms with Crippen molar-refractivity contribution in [2.24, 2.45) is 0 Å². The second-order valence-electron chi connectivity index (χ2n) is 7.24. The van der Waals surface area contributed by atoms with Crippen LogP contribution in [0.15, 0.2) is 35.2 Å². The molecule has 0 aromatic heterocycles. The molecule has 28 heavy (non-hydrogen) atoms. The summed E-state index contributed by atoms with van der Waals surface area (Å²) in [6.07, 6.45) is -0.00309. The Hall–Kier alpha value is -2.38. The van der Waals surface area contributed by atoms with Crippen LogP contribution < -0.4 is 14.8 Å². The van der Waals surface area contributed by atoms with E-state index in [0.29, 0.717) is 17.0 Å². The molecule has 7 heteroatoms. The zero-order chi connectivity index (χ0) is 21.1. The normalized spacial score (nSPS) is 11.5. The summed E-state index contributed by atoms with van der Waals surface area (Å²) in [6, 6.07) is 8.57. The van der Waals surface area contributed by atoms with Gasteiger partial charge in [0.15, 0.2) is 0 Å². The Labute approximate surface area is 167 Å². The van der Waals surface area contributed by atoms with E-state index < -0.39 is 15.9 Å². The smallest absolute Gasteiger partial charge is 0.241 e. The second-order valence-corrected chi connectivity index (χ2v) is 9.01. The highest BCUT2D eigenvalue weighted by atomic mass is 32.2. The summed E-state index contributed by atoms with van der Waals surface area (Å²) in [5, 5.41) is 2.79. The Morgan fingerprint density at radius 2 is 1.61 bits per heavy atom. The van der Waals surface area contributed by atoms with E-state index in [0.717, 1.165) is 16.7 Å². The lowest BCUT2D eigenvalue weighted by Crippen LogP contribution is -2.33. The topological polar surface area (TPSA) is 84.5 Å². The van der Waals surface area contributed by atoms with Crippen molar-refractivity contribution < 1.29 is 17.9 Å². The predicted molar refractivity (Wildman–Crippen MR) is 111 cm³/mol. The van der Waals surface area contributed by atoms with Crippen molar-refractivity contribution in [3.63, 3.8) is 0 Å².